The van der Waals surface area contributed by atoms with Crippen molar-refractivity contribution in [3.8, 4) is 0 Å². The van der Waals surface area contributed by atoms with Crippen LogP contribution in [0.25, 0.3) is 0 Å². The molecule has 0 fully saturated rings. The number of H-pyrrole nitrogens is 2. The molecule has 110 valence electrons. The van der Waals surface area contributed by atoms with Gasteiger partial charge in [-0.25, -0.2) is 18.4 Å². The molecule has 20 heavy (non-hydrogen) atoms. The zero-order chi connectivity index (χ0) is 14.8. The SMILES string of the molecule is CCc1ncc(S(=O)(=O)NC(CC)c2ncc(C)[nH]2)[nH]1. The molecule has 7 nitrogen and oxygen atoms in total. The van der Waals surface area contributed by atoms with Crippen LogP contribution in [-0.4, -0.2) is 28.4 Å². The Kier molecular flexibility index (Phi) is 4.24. The minimum Gasteiger partial charge on any atom is -0.345 e. The first-order valence-electron chi connectivity index (χ1n) is 6.54. The second-order valence-corrected chi connectivity index (χ2v) is 6.26. The van der Waals surface area contributed by atoms with Gasteiger partial charge in [0.25, 0.3) is 10.0 Å². The normalized spacial score (nSPS) is 13.6. The first-order valence-corrected chi connectivity index (χ1v) is 8.02. The highest BCUT2D eigenvalue weighted by molar-refractivity contribution is 7.89. The summed E-state index contributed by atoms with van der Waals surface area (Å²) in [6, 6.07) is -0.387. The lowest BCUT2D eigenvalue weighted by molar-refractivity contribution is 0.536. The van der Waals surface area contributed by atoms with E-state index in [4.69, 9.17) is 0 Å². The lowest BCUT2D eigenvalue weighted by Crippen LogP contribution is -2.29. The molecule has 0 aromatic carbocycles. The second-order valence-electron chi connectivity index (χ2n) is 4.58. The average Bonchev–Trinajstić information content (AvgIpc) is 3.04. The fourth-order valence-electron chi connectivity index (χ4n) is 1.85. The van der Waals surface area contributed by atoms with Crippen LogP contribution >= 0.6 is 0 Å². The molecule has 0 aliphatic heterocycles. The molecular weight excluding hydrogens is 278 g/mol. The van der Waals surface area contributed by atoms with Crippen molar-refractivity contribution in [2.75, 3.05) is 0 Å². The van der Waals surface area contributed by atoms with Crippen LogP contribution in [0.1, 0.15) is 43.7 Å². The Hall–Kier alpha value is -1.67. The Balaban J connectivity index is 2.21. The molecule has 0 bridgehead atoms. The maximum atomic E-state index is 12.3. The van der Waals surface area contributed by atoms with Crippen LogP contribution in [-0.2, 0) is 16.4 Å². The Bertz CT molecular complexity index is 674. The predicted molar refractivity (Wildman–Crippen MR) is 74.6 cm³/mol. The molecule has 1 atom stereocenters. The molecule has 2 rings (SSSR count). The highest BCUT2D eigenvalue weighted by atomic mass is 32.2. The summed E-state index contributed by atoms with van der Waals surface area (Å²) >= 11 is 0. The number of nitrogens with one attached hydrogen (secondary N) is 3. The zero-order valence-electron chi connectivity index (χ0n) is 11.8. The predicted octanol–water partition coefficient (Wildman–Crippen LogP) is 1.43. The first kappa shape index (κ1) is 14.7. The van der Waals surface area contributed by atoms with E-state index in [2.05, 4.69) is 24.7 Å². The number of hydrogen-bond acceptors (Lipinski definition) is 4. The number of aryl methyl sites for hydroxylation is 2. The fourth-order valence-corrected chi connectivity index (χ4v) is 3.08. The van der Waals surface area contributed by atoms with Gasteiger partial charge in [-0.1, -0.05) is 13.8 Å². The van der Waals surface area contributed by atoms with Crippen molar-refractivity contribution in [3.05, 3.63) is 29.7 Å². The Morgan fingerprint density at radius 2 is 2.00 bits per heavy atom. The third-order valence-corrected chi connectivity index (χ3v) is 4.37. The minimum atomic E-state index is -3.63. The van der Waals surface area contributed by atoms with Crippen LogP contribution < -0.4 is 4.72 Å². The fraction of sp³-hybridized carbons (Fsp3) is 0.500. The molecule has 0 saturated carbocycles. The summed E-state index contributed by atoms with van der Waals surface area (Å²) in [5, 5.41) is 0.0797. The maximum Gasteiger partial charge on any atom is 0.258 e. The summed E-state index contributed by atoms with van der Waals surface area (Å²) in [5.41, 5.74) is 0.896. The number of rotatable bonds is 6. The molecule has 2 aromatic rings. The van der Waals surface area contributed by atoms with Crippen molar-refractivity contribution in [3.63, 3.8) is 0 Å². The molecule has 0 radical (unpaired) electrons. The number of imidazole rings is 2. The van der Waals surface area contributed by atoms with Crippen LogP contribution in [0.3, 0.4) is 0 Å². The summed E-state index contributed by atoms with van der Waals surface area (Å²) in [7, 11) is -3.63. The second kappa shape index (κ2) is 5.76. The van der Waals surface area contributed by atoms with Gasteiger partial charge in [0.15, 0.2) is 5.03 Å². The summed E-state index contributed by atoms with van der Waals surface area (Å²) in [5.74, 6) is 1.26. The summed E-state index contributed by atoms with van der Waals surface area (Å²) < 4.78 is 27.2. The van der Waals surface area contributed by atoms with E-state index in [1.54, 1.807) is 6.20 Å². The van der Waals surface area contributed by atoms with Crippen molar-refractivity contribution in [1.82, 2.24) is 24.7 Å². The summed E-state index contributed by atoms with van der Waals surface area (Å²) in [6.45, 7) is 5.68. The molecule has 2 aromatic heterocycles. The van der Waals surface area contributed by atoms with E-state index in [1.807, 2.05) is 20.8 Å². The molecule has 0 aliphatic rings. The van der Waals surface area contributed by atoms with E-state index in [0.717, 1.165) is 5.69 Å². The highest BCUT2D eigenvalue weighted by Crippen LogP contribution is 2.17. The van der Waals surface area contributed by atoms with Gasteiger partial charge >= 0.3 is 0 Å². The molecule has 3 N–H and O–H groups in total. The average molecular weight is 297 g/mol. The van der Waals surface area contributed by atoms with Crippen LogP contribution in [0.2, 0.25) is 0 Å². The molecule has 0 spiro atoms. The van der Waals surface area contributed by atoms with Crippen LogP contribution in [0.4, 0.5) is 0 Å². The number of aromatic amines is 2. The lowest BCUT2D eigenvalue weighted by Gasteiger charge is -2.14. The van der Waals surface area contributed by atoms with Crippen molar-refractivity contribution >= 4 is 10.0 Å². The van der Waals surface area contributed by atoms with E-state index in [0.29, 0.717) is 24.5 Å². The lowest BCUT2D eigenvalue weighted by atomic mass is 10.2. The van der Waals surface area contributed by atoms with Crippen molar-refractivity contribution < 1.29 is 8.42 Å². The molecular formula is C12H19N5O2S. The van der Waals surface area contributed by atoms with E-state index in [-0.39, 0.29) is 11.1 Å². The zero-order valence-corrected chi connectivity index (χ0v) is 12.6. The number of hydrogen-bond donors (Lipinski definition) is 3. The van der Waals surface area contributed by atoms with Gasteiger partial charge in [-0.3, -0.25) is 0 Å². The van der Waals surface area contributed by atoms with E-state index < -0.39 is 10.0 Å². The third kappa shape index (κ3) is 3.07. The molecule has 0 aliphatic carbocycles. The van der Waals surface area contributed by atoms with Crippen LogP contribution in [0.5, 0.6) is 0 Å². The first-order chi connectivity index (χ1) is 9.46. The number of nitrogens with zero attached hydrogens (tertiary/aromatic N) is 2. The van der Waals surface area contributed by atoms with Gasteiger partial charge in [0.05, 0.1) is 12.2 Å². The minimum absolute atomic E-state index is 0.0797. The molecule has 1 unspecified atom stereocenters. The number of aromatic nitrogens is 4. The van der Waals surface area contributed by atoms with Crippen LogP contribution in [0, 0.1) is 6.92 Å². The molecule has 2 heterocycles. The van der Waals surface area contributed by atoms with Gasteiger partial charge in [-0.15, -0.1) is 0 Å². The van der Waals surface area contributed by atoms with Crippen molar-refractivity contribution in [1.29, 1.82) is 0 Å². The van der Waals surface area contributed by atoms with E-state index in [9.17, 15) is 8.42 Å². The summed E-state index contributed by atoms with van der Waals surface area (Å²) in [4.78, 5) is 14.0. The van der Waals surface area contributed by atoms with Crippen molar-refractivity contribution in [2.24, 2.45) is 0 Å². The van der Waals surface area contributed by atoms with Crippen LogP contribution in [0.15, 0.2) is 17.4 Å². The standard InChI is InChI=1S/C12H19N5O2S/c1-4-9(12-14-6-8(3)15-12)17-20(18,19)11-7-13-10(5-2)16-11/h6-7,9,17H,4-5H2,1-3H3,(H,13,16)(H,14,15). The number of sulfonamides is 1. The summed E-state index contributed by atoms with van der Waals surface area (Å²) in [6.07, 6.45) is 4.27. The Morgan fingerprint density at radius 1 is 1.25 bits per heavy atom. The van der Waals surface area contributed by atoms with Gasteiger partial charge in [0.2, 0.25) is 0 Å². The third-order valence-electron chi connectivity index (χ3n) is 2.99. The smallest absolute Gasteiger partial charge is 0.258 e. The van der Waals surface area contributed by atoms with Gasteiger partial charge in [0.1, 0.15) is 11.6 Å². The van der Waals surface area contributed by atoms with E-state index >= 15 is 0 Å². The molecule has 8 heteroatoms. The quantitative estimate of drug-likeness (QED) is 0.750. The van der Waals surface area contributed by atoms with Gasteiger partial charge < -0.3 is 9.97 Å². The Morgan fingerprint density at radius 3 is 2.50 bits per heavy atom. The van der Waals surface area contributed by atoms with E-state index in [1.165, 1.54) is 6.20 Å². The topological polar surface area (TPSA) is 104 Å². The van der Waals surface area contributed by atoms with Gasteiger partial charge in [-0.05, 0) is 13.3 Å². The molecule has 0 amide bonds. The van der Waals surface area contributed by atoms with Crippen molar-refractivity contribution in [2.45, 2.75) is 44.7 Å². The largest absolute Gasteiger partial charge is 0.345 e. The molecule has 0 saturated heterocycles. The van der Waals surface area contributed by atoms with Gasteiger partial charge in [0, 0.05) is 18.3 Å². The highest BCUT2D eigenvalue weighted by Gasteiger charge is 2.23. The maximum absolute atomic E-state index is 12.3. The van der Waals surface area contributed by atoms with Gasteiger partial charge in [-0.2, -0.15) is 4.72 Å². The monoisotopic (exact) mass is 297 g/mol. The Labute approximate surface area is 118 Å².